The van der Waals surface area contributed by atoms with Crippen molar-refractivity contribution in [2.75, 3.05) is 13.1 Å². The van der Waals surface area contributed by atoms with E-state index < -0.39 is 0 Å². The lowest BCUT2D eigenvalue weighted by molar-refractivity contribution is 0.515. The molecule has 0 bridgehead atoms. The van der Waals surface area contributed by atoms with Crippen molar-refractivity contribution in [3.63, 3.8) is 0 Å². The molecular weight excluding hydrogens is 239 g/mol. The highest BCUT2D eigenvalue weighted by Gasteiger charge is 2.12. The number of aromatic nitrogens is 1. The van der Waals surface area contributed by atoms with Gasteiger partial charge in [-0.15, -0.1) is 0 Å². The Hall–Kier alpha value is -1.11. The first-order valence-electron chi connectivity index (χ1n) is 6.60. The molecule has 0 amide bonds. The van der Waals surface area contributed by atoms with Crippen LogP contribution in [-0.4, -0.2) is 22.7 Å². The molecule has 1 atom stereocenters. The van der Waals surface area contributed by atoms with E-state index in [4.69, 9.17) is 0 Å². The zero-order chi connectivity index (χ0) is 13.0. The van der Waals surface area contributed by atoms with Crippen molar-refractivity contribution in [3.05, 3.63) is 42.1 Å². The third kappa shape index (κ3) is 2.66. The summed E-state index contributed by atoms with van der Waals surface area (Å²) < 4.78 is 2.26. The van der Waals surface area contributed by atoms with Gasteiger partial charge in [-0.2, -0.15) is 0 Å². The number of fused-ring (bicyclic) bond motifs is 1. The summed E-state index contributed by atoms with van der Waals surface area (Å²) in [7, 11) is 2.76. The van der Waals surface area contributed by atoms with E-state index in [0.717, 1.165) is 19.5 Å². The first-order chi connectivity index (χ1) is 8.84. The lowest BCUT2D eigenvalue weighted by atomic mass is 10.00. The Morgan fingerprint density at radius 3 is 2.72 bits per heavy atom. The second kappa shape index (κ2) is 6.17. The molecule has 1 aliphatic heterocycles. The zero-order valence-corrected chi connectivity index (χ0v) is 12.3. The normalized spacial score (nSPS) is 16.1. The van der Waals surface area contributed by atoms with Gasteiger partial charge in [0.25, 0.3) is 0 Å². The number of aromatic amines is 1. The highest BCUT2D eigenvalue weighted by Crippen LogP contribution is 2.29. The van der Waals surface area contributed by atoms with Crippen molar-refractivity contribution in [1.82, 2.24) is 9.65 Å². The van der Waals surface area contributed by atoms with Gasteiger partial charge < -0.3 is 4.98 Å². The highest BCUT2D eigenvalue weighted by molar-refractivity contribution is 7.13. The van der Waals surface area contributed by atoms with Crippen molar-refractivity contribution in [3.8, 4) is 0 Å². The molecule has 0 spiro atoms. The maximum atomic E-state index is 3.34. The van der Waals surface area contributed by atoms with Crippen LogP contribution in [0.15, 0.2) is 36.5 Å². The summed E-state index contributed by atoms with van der Waals surface area (Å²) in [5.41, 5.74) is 4.07. The second-order valence-corrected chi connectivity index (χ2v) is 4.95. The van der Waals surface area contributed by atoms with E-state index in [2.05, 4.69) is 55.6 Å². The smallest absolute Gasteiger partial charge is 0.0460 e. The molecule has 2 heterocycles. The van der Waals surface area contributed by atoms with Crippen molar-refractivity contribution >= 4 is 25.9 Å². The Balaban J connectivity index is 0.000000574. The van der Waals surface area contributed by atoms with Crippen LogP contribution in [-0.2, 0) is 0 Å². The van der Waals surface area contributed by atoms with Crippen LogP contribution in [0.4, 0.5) is 0 Å². The Morgan fingerprint density at radius 2 is 2.00 bits per heavy atom. The number of para-hydroxylation sites is 1. The van der Waals surface area contributed by atoms with Crippen LogP contribution in [0.3, 0.4) is 0 Å². The van der Waals surface area contributed by atoms with Gasteiger partial charge in [-0.3, -0.25) is 4.67 Å². The molecule has 3 rings (SSSR count). The van der Waals surface area contributed by atoms with Gasteiger partial charge in [-0.1, -0.05) is 47.5 Å². The Labute approximate surface area is 111 Å². The van der Waals surface area contributed by atoms with Crippen molar-refractivity contribution in [1.29, 1.82) is 0 Å². The average Bonchev–Trinajstić information content (AvgIpc) is 2.86. The lowest BCUT2D eigenvalue weighted by Gasteiger charge is -2.21. The molecule has 0 aliphatic carbocycles. The third-order valence-corrected chi connectivity index (χ3v) is 3.64. The van der Waals surface area contributed by atoms with Crippen molar-refractivity contribution < 1.29 is 0 Å². The minimum absolute atomic E-state index is 1.03. The Morgan fingerprint density at radius 1 is 1.22 bits per heavy atom. The summed E-state index contributed by atoms with van der Waals surface area (Å²) in [5.74, 6) is 0. The van der Waals surface area contributed by atoms with Crippen LogP contribution in [0, 0.1) is 0 Å². The van der Waals surface area contributed by atoms with Gasteiger partial charge in [-0.05, 0) is 18.1 Å². The van der Waals surface area contributed by atoms with Crippen molar-refractivity contribution in [2.24, 2.45) is 0 Å². The van der Waals surface area contributed by atoms with Gasteiger partial charge in [-0.25, -0.2) is 0 Å². The molecule has 1 aliphatic rings. The van der Waals surface area contributed by atoms with Gasteiger partial charge >= 0.3 is 0 Å². The fraction of sp³-hybridized carbons (Fsp3) is 0.333. The largest absolute Gasteiger partial charge is 0.361 e. The molecule has 1 aromatic heterocycles. The minimum Gasteiger partial charge on any atom is -0.361 e. The fourth-order valence-electron chi connectivity index (χ4n) is 2.27. The number of nitrogens with zero attached hydrogens (tertiary/aromatic N) is 1. The van der Waals surface area contributed by atoms with Gasteiger partial charge in [0, 0.05) is 35.8 Å². The molecule has 1 unspecified atom stereocenters. The summed E-state index contributed by atoms with van der Waals surface area (Å²) in [6.07, 6.45) is 5.59. The molecule has 18 heavy (non-hydrogen) atoms. The van der Waals surface area contributed by atoms with Gasteiger partial charge in [0.2, 0.25) is 0 Å². The van der Waals surface area contributed by atoms with E-state index in [1.54, 1.807) is 0 Å². The number of hydrogen-bond donors (Lipinski definition) is 1. The van der Waals surface area contributed by atoms with Gasteiger partial charge in [0.15, 0.2) is 0 Å². The summed E-state index contributed by atoms with van der Waals surface area (Å²) in [6.45, 7) is 6.15. The van der Waals surface area contributed by atoms with Gasteiger partial charge in [0.1, 0.15) is 0 Å². The zero-order valence-electron chi connectivity index (χ0n) is 11.1. The van der Waals surface area contributed by atoms with Crippen LogP contribution < -0.4 is 0 Å². The predicted molar refractivity (Wildman–Crippen MR) is 83.5 cm³/mol. The summed E-state index contributed by atoms with van der Waals surface area (Å²) in [5, 5.41) is 1.34. The molecule has 0 radical (unpaired) electrons. The van der Waals surface area contributed by atoms with E-state index in [-0.39, 0.29) is 0 Å². The quantitative estimate of drug-likeness (QED) is 0.766. The topological polar surface area (TPSA) is 19.0 Å². The maximum absolute atomic E-state index is 3.34. The monoisotopic (exact) mass is 260 g/mol. The van der Waals surface area contributed by atoms with Crippen LogP contribution >= 0.6 is 9.39 Å². The molecule has 1 aromatic carbocycles. The van der Waals surface area contributed by atoms with Crippen LogP contribution in [0.5, 0.6) is 0 Å². The average molecular weight is 260 g/mol. The number of H-pyrrole nitrogens is 1. The third-order valence-electron chi connectivity index (χ3n) is 3.18. The van der Waals surface area contributed by atoms with Gasteiger partial charge in [0.05, 0.1) is 0 Å². The first kappa shape index (κ1) is 13.3. The molecular formula is C15H21N2P. The number of rotatable bonds is 1. The van der Waals surface area contributed by atoms with E-state index in [0.29, 0.717) is 0 Å². The Kier molecular flexibility index (Phi) is 4.57. The molecule has 0 saturated heterocycles. The molecule has 0 saturated carbocycles. The van der Waals surface area contributed by atoms with Crippen LogP contribution in [0.1, 0.15) is 25.8 Å². The number of hydrogen-bond acceptors (Lipinski definition) is 1. The lowest BCUT2D eigenvalue weighted by Crippen LogP contribution is -2.17. The van der Waals surface area contributed by atoms with E-state index >= 15 is 0 Å². The summed E-state index contributed by atoms with van der Waals surface area (Å²) >= 11 is 0. The summed E-state index contributed by atoms with van der Waals surface area (Å²) in [4.78, 5) is 3.34. The molecule has 2 nitrogen and oxygen atoms in total. The summed E-state index contributed by atoms with van der Waals surface area (Å²) in [6, 6.07) is 8.49. The molecule has 1 N–H and O–H groups in total. The van der Waals surface area contributed by atoms with E-state index in [9.17, 15) is 0 Å². The fourth-order valence-corrected chi connectivity index (χ4v) is 2.50. The van der Waals surface area contributed by atoms with Crippen LogP contribution in [0.25, 0.3) is 16.5 Å². The van der Waals surface area contributed by atoms with Crippen molar-refractivity contribution in [2.45, 2.75) is 20.3 Å². The first-order valence-corrected chi connectivity index (χ1v) is 7.11. The maximum Gasteiger partial charge on any atom is 0.0460 e. The molecule has 2 aromatic rings. The minimum atomic E-state index is 1.03. The number of nitrogens with one attached hydrogen (secondary N) is 1. The second-order valence-electron chi connectivity index (χ2n) is 4.22. The SMILES string of the molecule is CC.PN1CC=C(c2c[nH]c3ccccc23)CC1. The van der Waals surface area contributed by atoms with Crippen LogP contribution in [0.2, 0.25) is 0 Å². The number of benzene rings is 1. The highest BCUT2D eigenvalue weighted by atomic mass is 31.0. The molecule has 3 heteroatoms. The van der Waals surface area contributed by atoms with E-state index in [1.807, 2.05) is 13.8 Å². The molecule has 96 valence electrons. The Bertz CT molecular complexity index is 542. The molecule has 0 fully saturated rings. The van der Waals surface area contributed by atoms with E-state index in [1.165, 1.54) is 22.0 Å². The standard InChI is InChI=1S/C13H15N2P.C2H6/c16-15-7-5-10(6-8-15)12-9-14-13-4-2-1-3-11(12)13;1-2/h1-5,9,14H,6-8,16H2;1-2H3. The predicted octanol–water partition coefficient (Wildman–Crippen LogP) is 4.07.